The molecule has 17 nitrogen and oxygen atoms in total. The van der Waals surface area contributed by atoms with Gasteiger partial charge >= 0.3 is 11.9 Å². The van der Waals surface area contributed by atoms with E-state index in [0.717, 1.165) is 51.9 Å². The summed E-state index contributed by atoms with van der Waals surface area (Å²) < 4.78 is 11.0. The average Bonchev–Trinajstić information content (AvgIpc) is 3.30. The van der Waals surface area contributed by atoms with Crippen LogP contribution in [0.5, 0.6) is 0 Å². The van der Waals surface area contributed by atoms with Crippen LogP contribution in [0.25, 0.3) is 0 Å². The van der Waals surface area contributed by atoms with Gasteiger partial charge in [-0.05, 0) is 87.2 Å². The fourth-order valence-electron chi connectivity index (χ4n) is 8.62. The molecular weight excluding hydrogens is 931 g/mol. The summed E-state index contributed by atoms with van der Waals surface area (Å²) in [6.45, 7) is 24.2. The Kier molecular flexibility index (Phi) is 34.3. The molecule has 0 saturated heterocycles. The van der Waals surface area contributed by atoms with Gasteiger partial charge in [0.15, 0.2) is 0 Å². The lowest BCUT2D eigenvalue weighted by atomic mass is 9.67. The van der Waals surface area contributed by atoms with E-state index in [0.29, 0.717) is 52.0 Å². The molecule has 0 aromatic heterocycles. The second-order valence-electron chi connectivity index (χ2n) is 23.1. The standard InChI is InChI=1S/C56H105N7O10/c1-17-21-24-58-52(70)45(37-48(66)57-25-27-62(15)31-29-60(11)12)40-55(7,8)47(65)36-44(51(69)59-26-28-63(16)32-30-61(13)14)41-56(9,10)50(68)43(38-49(67)72-33-22-18-2)39-54(5,6)46(64)35-42(20-4)53(71)73-34-23-19-3/h42-45H,17-41H2,1-16H3,(H,57,66)(H,58,70)(H,59,69). The van der Waals surface area contributed by atoms with Gasteiger partial charge in [-0.25, -0.2) is 0 Å². The molecule has 0 aliphatic rings. The van der Waals surface area contributed by atoms with E-state index in [4.69, 9.17) is 9.47 Å². The van der Waals surface area contributed by atoms with Crippen molar-refractivity contribution in [1.82, 2.24) is 35.6 Å². The van der Waals surface area contributed by atoms with Crippen molar-refractivity contribution < 1.29 is 47.8 Å². The van der Waals surface area contributed by atoms with Crippen molar-refractivity contribution in [2.75, 3.05) is 114 Å². The van der Waals surface area contributed by atoms with Crippen LogP contribution in [0.15, 0.2) is 0 Å². The van der Waals surface area contributed by atoms with Gasteiger partial charge in [0, 0.05) is 112 Å². The third-order valence-corrected chi connectivity index (χ3v) is 13.9. The van der Waals surface area contributed by atoms with Crippen molar-refractivity contribution in [1.29, 1.82) is 0 Å². The van der Waals surface area contributed by atoms with Crippen LogP contribution in [0, 0.1) is 39.9 Å². The average molecular weight is 1040 g/mol. The molecule has 4 atom stereocenters. The minimum absolute atomic E-state index is 0.0111. The SMILES string of the molecule is CCCCNC(=O)C(CC(=O)NCCN(C)CCN(C)C)CC(C)(C)C(=O)CC(CC(C)(C)C(=O)C(CC(=O)OCCCC)CC(C)(C)C(=O)CC(CC)C(=O)OCCCC)C(=O)NCCN(C)CCN(C)C. The molecule has 0 aliphatic heterocycles. The van der Waals surface area contributed by atoms with Gasteiger partial charge in [-0.15, -0.1) is 0 Å². The number of esters is 2. The number of nitrogens with zero attached hydrogens (tertiary/aromatic N) is 4. The molecule has 0 saturated carbocycles. The van der Waals surface area contributed by atoms with E-state index in [2.05, 4.69) is 35.6 Å². The van der Waals surface area contributed by atoms with E-state index >= 15 is 4.79 Å². The Hall–Kier alpha value is -3.80. The second kappa shape index (κ2) is 36.2. The molecule has 0 aromatic rings. The topological polar surface area (TPSA) is 204 Å². The Morgan fingerprint density at radius 2 is 0.877 bits per heavy atom. The number of likely N-dealkylation sites (N-methyl/N-ethyl adjacent to an activating group) is 4. The normalized spacial score (nSPS) is 13.9. The van der Waals surface area contributed by atoms with Crippen LogP contribution in [-0.2, 0) is 47.8 Å². The summed E-state index contributed by atoms with van der Waals surface area (Å²) in [6, 6.07) is 0. The third kappa shape index (κ3) is 29.8. The van der Waals surface area contributed by atoms with Gasteiger partial charge in [0.2, 0.25) is 17.7 Å². The summed E-state index contributed by atoms with van der Waals surface area (Å²) in [6.07, 6.45) is 4.28. The molecule has 73 heavy (non-hydrogen) atoms. The van der Waals surface area contributed by atoms with Gasteiger partial charge in [0.1, 0.15) is 17.3 Å². The number of unbranched alkanes of at least 4 members (excludes halogenated alkanes) is 3. The van der Waals surface area contributed by atoms with Crippen molar-refractivity contribution in [3.63, 3.8) is 0 Å². The van der Waals surface area contributed by atoms with E-state index in [1.165, 1.54) is 0 Å². The zero-order valence-electron chi connectivity index (χ0n) is 48.9. The zero-order chi connectivity index (χ0) is 56.0. The highest BCUT2D eigenvalue weighted by Crippen LogP contribution is 2.40. The predicted octanol–water partition coefficient (Wildman–Crippen LogP) is 6.20. The molecule has 0 aliphatic carbocycles. The maximum absolute atomic E-state index is 15.0. The van der Waals surface area contributed by atoms with Crippen molar-refractivity contribution in [2.45, 2.75) is 159 Å². The smallest absolute Gasteiger partial charge is 0.309 e. The maximum atomic E-state index is 15.0. The van der Waals surface area contributed by atoms with Gasteiger partial charge in [0.05, 0.1) is 25.6 Å². The first-order chi connectivity index (χ1) is 34.1. The number of hydrogen-bond acceptors (Lipinski definition) is 14. The van der Waals surface area contributed by atoms with E-state index in [9.17, 15) is 33.6 Å². The fourth-order valence-corrected chi connectivity index (χ4v) is 8.62. The highest BCUT2D eigenvalue weighted by atomic mass is 16.5. The Labute approximate surface area is 442 Å². The molecular formula is C56H105N7O10. The van der Waals surface area contributed by atoms with Crippen molar-refractivity contribution in [2.24, 2.45) is 39.9 Å². The van der Waals surface area contributed by atoms with Crippen LogP contribution in [0.2, 0.25) is 0 Å². The summed E-state index contributed by atoms with van der Waals surface area (Å²) >= 11 is 0. The summed E-state index contributed by atoms with van der Waals surface area (Å²) in [4.78, 5) is 120. The number of ketones is 3. The number of amides is 3. The lowest BCUT2D eigenvalue weighted by molar-refractivity contribution is -0.152. The third-order valence-electron chi connectivity index (χ3n) is 13.9. The van der Waals surface area contributed by atoms with E-state index < -0.39 is 57.8 Å². The molecule has 0 aromatic carbocycles. The quantitative estimate of drug-likeness (QED) is 0.0460. The van der Waals surface area contributed by atoms with Gasteiger partial charge < -0.3 is 45.0 Å². The lowest BCUT2D eigenvalue weighted by Gasteiger charge is -2.35. The molecule has 0 spiro atoms. The predicted molar refractivity (Wildman–Crippen MR) is 291 cm³/mol. The van der Waals surface area contributed by atoms with Crippen LogP contribution < -0.4 is 16.0 Å². The largest absolute Gasteiger partial charge is 0.466 e. The van der Waals surface area contributed by atoms with Gasteiger partial charge in [-0.1, -0.05) is 88.5 Å². The highest BCUT2D eigenvalue weighted by molar-refractivity contribution is 5.94. The Morgan fingerprint density at radius 1 is 0.452 bits per heavy atom. The molecule has 0 fully saturated rings. The summed E-state index contributed by atoms with van der Waals surface area (Å²) in [5.41, 5.74) is -3.57. The highest BCUT2D eigenvalue weighted by Gasteiger charge is 2.44. The number of nitrogens with one attached hydrogen (secondary N) is 3. The molecule has 0 rings (SSSR count). The summed E-state index contributed by atoms with van der Waals surface area (Å²) in [7, 11) is 11.9. The van der Waals surface area contributed by atoms with Crippen LogP contribution >= 0.6 is 0 Å². The molecule has 17 heteroatoms. The van der Waals surface area contributed by atoms with Crippen LogP contribution in [0.4, 0.5) is 0 Å². The second-order valence-corrected chi connectivity index (χ2v) is 23.1. The number of rotatable bonds is 43. The van der Waals surface area contributed by atoms with Crippen LogP contribution in [0.1, 0.15) is 159 Å². The molecule has 3 N–H and O–H groups in total. The van der Waals surface area contributed by atoms with E-state index in [1.54, 1.807) is 41.5 Å². The lowest BCUT2D eigenvalue weighted by Crippen LogP contribution is -2.44. The van der Waals surface area contributed by atoms with Crippen LogP contribution in [-0.4, -0.2) is 181 Å². The fraction of sp³-hybridized carbons (Fsp3) is 0.857. The van der Waals surface area contributed by atoms with E-state index in [-0.39, 0.29) is 87.3 Å². The van der Waals surface area contributed by atoms with E-state index in [1.807, 2.05) is 70.0 Å². The van der Waals surface area contributed by atoms with Crippen molar-refractivity contribution in [3.8, 4) is 0 Å². The summed E-state index contributed by atoms with van der Waals surface area (Å²) in [5.74, 6) is -6.36. The van der Waals surface area contributed by atoms with Crippen molar-refractivity contribution >= 4 is 47.0 Å². The Morgan fingerprint density at radius 3 is 1.36 bits per heavy atom. The first-order valence-corrected chi connectivity index (χ1v) is 27.5. The number of ether oxygens (including phenoxy) is 2. The first-order valence-electron chi connectivity index (χ1n) is 27.5. The molecule has 3 amide bonds. The molecule has 0 heterocycles. The van der Waals surface area contributed by atoms with Crippen LogP contribution in [0.3, 0.4) is 0 Å². The maximum Gasteiger partial charge on any atom is 0.309 e. The molecule has 424 valence electrons. The number of carbonyl (C=O) groups excluding carboxylic acids is 8. The molecule has 0 bridgehead atoms. The van der Waals surface area contributed by atoms with Crippen molar-refractivity contribution in [3.05, 3.63) is 0 Å². The zero-order valence-corrected chi connectivity index (χ0v) is 48.9. The molecule has 0 radical (unpaired) electrons. The monoisotopic (exact) mass is 1040 g/mol. The van der Waals surface area contributed by atoms with Gasteiger partial charge in [-0.2, -0.15) is 0 Å². The number of carbonyl (C=O) groups is 8. The minimum Gasteiger partial charge on any atom is -0.466 e. The minimum atomic E-state index is -1.28. The molecule has 4 unspecified atom stereocenters. The van der Waals surface area contributed by atoms with Gasteiger partial charge in [0.25, 0.3) is 0 Å². The van der Waals surface area contributed by atoms with Gasteiger partial charge in [-0.3, -0.25) is 38.4 Å². The Balaban J connectivity index is 6.92. The number of hydrogen-bond donors (Lipinski definition) is 3. The summed E-state index contributed by atoms with van der Waals surface area (Å²) in [5, 5.41) is 8.95. The first kappa shape index (κ1) is 69.2. The Bertz CT molecular complexity index is 1680. The number of Topliss-reactive ketones (excluding diaryl/α,β-unsaturated/α-hetero) is 3.